The van der Waals surface area contributed by atoms with Crippen LogP contribution in [0.3, 0.4) is 0 Å². The summed E-state index contributed by atoms with van der Waals surface area (Å²) in [5.41, 5.74) is 1.16. The Morgan fingerprint density at radius 3 is 2.64 bits per heavy atom. The van der Waals surface area contributed by atoms with E-state index in [4.69, 9.17) is 21.1 Å². The van der Waals surface area contributed by atoms with Gasteiger partial charge in [-0.25, -0.2) is 4.79 Å². The van der Waals surface area contributed by atoms with Crippen LogP contribution in [0.4, 0.5) is 0 Å². The fourth-order valence-electron chi connectivity index (χ4n) is 1.93. The minimum absolute atomic E-state index is 0.278. The van der Waals surface area contributed by atoms with E-state index in [0.29, 0.717) is 16.9 Å². The second-order valence-corrected chi connectivity index (χ2v) is 5.45. The van der Waals surface area contributed by atoms with Crippen LogP contribution >= 0.6 is 11.6 Å². The van der Waals surface area contributed by atoms with Crippen LogP contribution in [0.5, 0.6) is 5.75 Å². The quantitative estimate of drug-likeness (QED) is 0.576. The highest BCUT2D eigenvalue weighted by molar-refractivity contribution is 6.30. The highest BCUT2D eigenvalue weighted by Gasteiger charge is 2.10. The first kappa shape index (κ1) is 18.5. The van der Waals surface area contributed by atoms with Crippen molar-refractivity contribution in [1.29, 1.82) is 0 Å². The zero-order valence-corrected chi connectivity index (χ0v) is 14.0. The van der Waals surface area contributed by atoms with Gasteiger partial charge in [-0.15, -0.1) is 0 Å². The SMILES string of the molecule is O=Cc1ccccc1OCC(=O)OCC(=O)NCc1cccc(Cl)c1. The van der Waals surface area contributed by atoms with Crippen LogP contribution in [0.15, 0.2) is 48.5 Å². The van der Waals surface area contributed by atoms with Gasteiger partial charge in [-0.05, 0) is 29.8 Å². The molecule has 1 amide bonds. The van der Waals surface area contributed by atoms with Gasteiger partial charge in [-0.2, -0.15) is 0 Å². The molecule has 0 atom stereocenters. The summed E-state index contributed by atoms with van der Waals surface area (Å²) >= 11 is 5.85. The summed E-state index contributed by atoms with van der Waals surface area (Å²) in [5.74, 6) is -0.875. The topological polar surface area (TPSA) is 81.7 Å². The van der Waals surface area contributed by atoms with Crippen LogP contribution in [0.25, 0.3) is 0 Å². The van der Waals surface area contributed by atoms with Gasteiger partial charge in [0.25, 0.3) is 5.91 Å². The number of hydrogen-bond acceptors (Lipinski definition) is 5. The molecule has 0 radical (unpaired) electrons. The maximum atomic E-state index is 11.7. The van der Waals surface area contributed by atoms with Crippen molar-refractivity contribution < 1.29 is 23.9 Å². The number of aldehydes is 1. The lowest BCUT2D eigenvalue weighted by Crippen LogP contribution is -2.29. The molecule has 0 saturated heterocycles. The fourth-order valence-corrected chi connectivity index (χ4v) is 2.15. The molecule has 2 rings (SSSR count). The van der Waals surface area contributed by atoms with Crippen molar-refractivity contribution in [2.24, 2.45) is 0 Å². The molecule has 0 heterocycles. The minimum atomic E-state index is -0.710. The van der Waals surface area contributed by atoms with Crippen molar-refractivity contribution in [3.63, 3.8) is 0 Å². The predicted octanol–water partition coefficient (Wildman–Crippen LogP) is 2.39. The van der Waals surface area contributed by atoms with Gasteiger partial charge in [-0.1, -0.05) is 35.9 Å². The van der Waals surface area contributed by atoms with E-state index in [0.717, 1.165) is 5.56 Å². The van der Waals surface area contributed by atoms with Crippen LogP contribution < -0.4 is 10.1 Å². The number of nitrogens with one attached hydrogen (secondary N) is 1. The Labute approximate surface area is 149 Å². The summed E-state index contributed by atoms with van der Waals surface area (Å²) < 4.78 is 10.0. The Hall–Kier alpha value is -2.86. The Morgan fingerprint density at radius 2 is 1.88 bits per heavy atom. The molecule has 0 fully saturated rings. The molecule has 1 N–H and O–H groups in total. The minimum Gasteiger partial charge on any atom is -0.481 e. The average molecular weight is 362 g/mol. The Morgan fingerprint density at radius 1 is 1.08 bits per heavy atom. The molecule has 0 aliphatic rings. The second kappa shape index (κ2) is 9.44. The lowest BCUT2D eigenvalue weighted by atomic mass is 10.2. The van der Waals surface area contributed by atoms with Gasteiger partial charge in [0, 0.05) is 11.6 Å². The molecule has 0 saturated carbocycles. The van der Waals surface area contributed by atoms with E-state index in [-0.39, 0.29) is 12.3 Å². The van der Waals surface area contributed by atoms with E-state index in [1.54, 1.807) is 42.5 Å². The normalized spacial score (nSPS) is 9.96. The molecule has 0 bridgehead atoms. The highest BCUT2D eigenvalue weighted by atomic mass is 35.5. The number of rotatable bonds is 8. The van der Waals surface area contributed by atoms with Crippen LogP contribution in [-0.4, -0.2) is 31.4 Å². The van der Waals surface area contributed by atoms with Gasteiger partial charge >= 0.3 is 5.97 Å². The van der Waals surface area contributed by atoms with Crippen molar-refractivity contribution in [2.75, 3.05) is 13.2 Å². The predicted molar refractivity (Wildman–Crippen MR) is 91.6 cm³/mol. The van der Waals surface area contributed by atoms with Gasteiger partial charge in [0.15, 0.2) is 19.5 Å². The maximum absolute atomic E-state index is 11.7. The first-order valence-electron chi connectivity index (χ1n) is 7.42. The van der Waals surface area contributed by atoms with Gasteiger partial charge in [0.05, 0.1) is 5.56 Å². The molecule has 2 aromatic rings. The monoisotopic (exact) mass is 361 g/mol. The first-order chi connectivity index (χ1) is 12.1. The Bertz CT molecular complexity index is 763. The largest absolute Gasteiger partial charge is 0.481 e. The third-order valence-electron chi connectivity index (χ3n) is 3.13. The van der Waals surface area contributed by atoms with Crippen molar-refractivity contribution in [2.45, 2.75) is 6.54 Å². The van der Waals surface area contributed by atoms with Crippen molar-refractivity contribution in [3.8, 4) is 5.75 Å². The number of carbonyl (C=O) groups is 3. The summed E-state index contributed by atoms with van der Waals surface area (Å²) in [7, 11) is 0. The molecule has 0 unspecified atom stereocenters. The van der Waals surface area contributed by atoms with E-state index in [9.17, 15) is 14.4 Å². The van der Waals surface area contributed by atoms with Gasteiger partial charge in [0.2, 0.25) is 0 Å². The number of carbonyl (C=O) groups excluding carboxylic acids is 3. The van der Waals surface area contributed by atoms with Gasteiger partial charge in [0.1, 0.15) is 5.75 Å². The standard InChI is InChI=1S/C18H16ClNO5/c19-15-6-3-4-13(8-15)9-20-17(22)11-25-18(23)12-24-16-7-2-1-5-14(16)10-21/h1-8,10H,9,11-12H2,(H,20,22). The molecule has 0 aliphatic carbocycles. The summed E-state index contributed by atoms with van der Waals surface area (Å²) in [5, 5.41) is 3.19. The fraction of sp³-hybridized carbons (Fsp3) is 0.167. The number of ether oxygens (including phenoxy) is 2. The zero-order valence-electron chi connectivity index (χ0n) is 13.2. The number of amides is 1. The van der Waals surface area contributed by atoms with E-state index in [1.165, 1.54) is 0 Å². The molecular weight excluding hydrogens is 346 g/mol. The molecule has 6 nitrogen and oxygen atoms in total. The number of esters is 1. The Kier molecular flexibility index (Phi) is 6.98. The van der Waals surface area contributed by atoms with E-state index in [1.807, 2.05) is 6.07 Å². The second-order valence-electron chi connectivity index (χ2n) is 5.01. The average Bonchev–Trinajstić information content (AvgIpc) is 2.63. The smallest absolute Gasteiger partial charge is 0.344 e. The molecular formula is C18H16ClNO5. The van der Waals surface area contributed by atoms with Crippen LogP contribution in [0.2, 0.25) is 5.02 Å². The van der Waals surface area contributed by atoms with E-state index >= 15 is 0 Å². The summed E-state index contributed by atoms with van der Waals surface area (Å²) in [4.78, 5) is 34.1. The maximum Gasteiger partial charge on any atom is 0.344 e. The first-order valence-corrected chi connectivity index (χ1v) is 7.80. The van der Waals surface area contributed by atoms with Crippen molar-refractivity contribution in [1.82, 2.24) is 5.32 Å². The highest BCUT2D eigenvalue weighted by Crippen LogP contribution is 2.15. The molecule has 0 aromatic heterocycles. The van der Waals surface area contributed by atoms with Gasteiger partial charge in [-0.3, -0.25) is 9.59 Å². The number of benzene rings is 2. The molecule has 2 aromatic carbocycles. The number of halogens is 1. The van der Waals surface area contributed by atoms with E-state index < -0.39 is 25.1 Å². The summed E-state index contributed by atoms with van der Waals surface area (Å²) in [6, 6.07) is 13.5. The van der Waals surface area contributed by atoms with Crippen molar-refractivity contribution in [3.05, 3.63) is 64.7 Å². The van der Waals surface area contributed by atoms with Crippen LogP contribution in [-0.2, 0) is 20.9 Å². The van der Waals surface area contributed by atoms with E-state index in [2.05, 4.69) is 5.32 Å². The lowest BCUT2D eigenvalue weighted by Gasteiger charge is -2.09. The molecule has 0 spiro atoms. The molecule has 0 aliphatic heterocycles. The third kappa shape index (κ3) is 6.27. The summed E-state index contributed by atoms with van der Waals surface area (Å²) in [6.07, 6.45) is 0.629. The van der Waals surface area contributed by atoms with Gasteiger partial charge < -0.3 is 14.8 Å². The Balaban J connectivity index is 1.70. The number of para-hydroxylation sites is 1. The third-order valence-corrected chi connectivity index (χ3v) is 3.37. The lowest BCUT2D eigenvalue weighted by molar-refractivity contribution is -0.150. The van der Waals surface area contributed by atoms with Crippen LogP contribution in [0, 0.1) is 0 Å². The molecule has 7 heteroatoms. The van der Waals surface area contributed by atoms with Crippen LogP contribution in [0.1, 0.15) is 15.9 Å². The summed E-state index contributed by atoms with van der Waals surface area (Å²) in [6.45, 7) is -0.537. The number of hydrogen-bond donors (Lipinski definition) is 1. The van der Waals surface area contributed by atoms with Crippen molar-refractivity contribution >= 4 is 29.8 Å². The molecule has 25 heavy (non-hydrogen) atoms. The zero-order chi connectivity index (χ0) is 18.1. The molecule has 130 valence electrons.